The van der Waals surface area contributed by atoms with E-state index in [1.807, 2.05) is 0 Å². The molecule has 0 spiro atoms. The molecule has 0 saturated carbocycles. The number of benzene rings is 1. The van der Waals surface area contributed by atoms with Crippen molar-refractivity contribution < 1.29 is 13.2 Å². The lowest BCUT2D eigenvalue weighted by Crippen LogP contribution is -2.37. The number of carbonyl (C=O) groups is 1. The van der Waals surface area contributed by atoms with Gasteiger partial charge in [-0.3, -0.25) is 14.4 Å². The Morgan fingerprint density at radius 1 is 1.31 bits per heavy atom. The van der Waals surface area contributed by atoms with Gasteiger partial charge in [-0.05, 0) is 30.2 Å². The van der Waals surface area contributed by atoms with Gasteiger partial charge in [-0.25, -0.2) is 8.42 Å². The normalized spacial score (nSPS) is 11.6. The highest BCUT2D eigenvalue weighted by atomic mass is 35.5. The summed E-state index contributed by atoms with van der Waals surface area (Å²) in [5, 5.41) is 11.3. The fraction of sp³-hybridized carbons (Fsp3) is 0.400. The number of hydrogen-bond donors (Lipinski definition) is 1. The summed E-state index contributed by atoms with van der Waals surface area (Å²) in [5.41, 5.74) is 0.359. The Morgan fingerprint density at radius 3 is 2.54 bits per heavy atom. The van der Waals surface area contributed by atoms with Gasteiger partial charge in [0.05, 0.1) is 11.9 Å². The minimum Gasteiger partial charge on any atom is -0.299 e. The highest BCUT2D eigenvalue weighted by Crippen LogP contribution is 2.27. The Kier molecular flexibility index (Phi) is 7.27. The van der Waals surface area contributed by atoms with Crippen molar-refractivity contribution in [1.82, 2.24) is 10.2 Å². The Labute approximate surface area is 166 Å². The number of hydrogen-bond acceptors (Lipinski definition) is 7. The van der Waals surface area contributed by atoms with Crippen LogP contribution in [0.1, 0.15) is 13.8 Å². The van der Waals surface area contributed by atoms with Gasteiger partial charge >= 0.3 is 0 Å². The van der Waals surface area contributed by atoms with Gasteiger partial charge in [0.1, 0.15) is 6.54 Å². The Morgan fingerprint density at radius 2 is 1.96 bits per heavy atom. The second-order valence-corrected chi connectivity index (χ2v) is 10.5. The number of amides is 1. The van der Waals surface area contributed by atoms with Crippen LogP contribution in [0.4, 0.5) is 10.8 Å². The molecular formula is C15H19ClN4O3S3. The smallest absolute Gasteiger partial charge is 0.246 e. The average molecular weight is 435 g/mol. The van der Waals surface area contributed by atoms with E-state index in [-0.39, 0.29) is 6.54 Å². The highest BCUT2D eigenvalue weighted by molar-refractivity contribution is 8.01. The van der Waals surface area contributed by atoms with E-state index in [1.165, 1.54) is 11.3 Å². The zero-order valence-corrected chi connectivity index (χ0v) is 17.7. The lowest BCUT2D eigenvalue weighted by Gasteiger charge is -2.21. The standard InChI is InChI=1S/C15H19ClN4O3S3/c1-10(2)9-24-15-19-18-14(25-15)17-13(21)8-20(26(3,22)23)12-6-4-11(16)5-7-12/h4-7,10H,8-9H2,1-3H3,(H,17,18,21). The zero-order valence-electron chi connectivity index (χ0n) is 14.5. The average Bonchev–Trinajstić information content (AvgIpc) is 2.98. The molecule has 0 aliphatic carbocycles. The van der Waals surface area contributed by atoms with E-state index in [4.69, 9.17) is 11.6 Å². The first-order valence-electron chi connectivity index (χ1n) is 7.64. The number of nitrogens with one attached hydrogen (secondary N) is 1. The van der Waals surface area contributed by atoms with Crippen molar-refractivity contribution in [3.05, 3.63) is 29.3 Å². The van der Waals surface area contributed by atoms with Crippen molar-refractivity contribution in [2.45, 2.75) is 18.2 Å². The fourth-order valence-electron chi connectivity index (χ4n) is 1.85. The van der Waals surface area contributed by atoms with Crippen LogP contribution in [0.2, 0.25) is 5.02 Å². The molecule has 0 fully saturated rings. The van der Waals surface area contributed by atoms with Crippen molar-refractivity contribution in [3.63, 3.8) is 0 Å². The van der Waals surface area contributed by atoms with Crippen LogP contribution in [0, 0.1) is 5.92 Å². The van der Waals surface area contributed by atoms with Crippen LogP contribution < -0.4 is 9.62 Å². The molecule has 0 bridgehead atoms. The fourth-order valence-corrected chi connectivity index (χ4v) is 4.58. The van der Waals surface area contributed by atoms with Gasteiger partial charge in [0.15, 0.2) is 4.34 Å². The van der Waals surface area contributed by atoms with Crippen molar-refractivity contribution in [3.8, 4) is 0 Å². The van der Waals surface area contributed by atoms with Gasteiger partial charge in [0.25, 0.3) is 0 Å². The van der Waals surface area contributed by atoms with Gasteiger partial charge in [-0.2, -0.15) is 0 Å². The third kappa shape index (κ3) is 6.42. The lowest BCUT2D eigenvalue weighted by atomic mass is 10.3. The van der Waals surface area contributed by atoms with Crippen LogP contribution in [-0.2, 0) is 14.8 Å². The molecule has 2 aromatic rings. The number of anilines is 2. The molecule has 0 aliphatic heterocycles. The van der Waals surface area contributed by atoms with Crippen LogP contribution in [0.3, 0.4) is 0 Å². The summed E-state index contributed by atoms with van der Waals surface area (Å²) in [7, 11) is -3.64. The van der Waals surface area contributed by atoms with E-state index in [9.17, 15) is 13.2 Å². The summed E-state index contributed by atoms with van der Waals surface area (Å²) in [6.07, 6.45) is 1.04. The maximum absolute atomic E-state index is 12.3. The minimum atomic E-state index is -3.64. The lowest BCUT2D eigenvalue weighted by molar-refractivity contribution is -0.114. The molecule has 7 nitrogen and oxygen atoms in total. The molecular weight excluding hydrogens is 416 g/mol. The van der Waals surface area contributed by atoms with Crippen LogP contribution in [-0.4, -0.2) is 43.1 Å². The molecule has 1 N–H and O–H groups in total. The molecule has 11 heteroatoms. The van der Waals surface area contributed by atoms with Crippen LogP contribution >= 0.6 is 34.7 Å². The molecule has 1 heterocycles. The zero-order chi connectivity index (χ0) is 19.3. The van der Waals surface area contributed by atoms with Crippen LogP contribution in [0.25, 0.3) is 0 Å². The summed E-state index contributed by atoms with van der Waals surface area (Å²) in [6, 6.07) is 6.22. The minimum absolute atomic E-state index is 0.339. The molecule has 0 radical (unpaired) electrons. The van der Waals surface area contributed by atoms with Crippen molar-refractivity contribution in [2.24, 2.45) is 5.92 Å². The number of nitrogens with zero attached hydrogens (tertiary/aromatic N) is 3. The molecule has 0 saturated heterocycles. The number of halogens is 1. The predicted molar refractivity (Wildman–Crippen MR) is 108 cm³/mol. The van der Waals surface area contributed by atoms with E-state index in [2.05, 4.69) is 29.4 Å². The van der Waals surface area contributed by atoms with Crippen molar-refractivity contribution in [2.75, 3.05) is 28.2 Å². The number of aromatic nitrogens is 2. The monoisotopic (exact) mass is 434 g/mol. The van der Waals surface area contributed by atoms with E-state index >= 15 is 0 Å². The Hall–Kier alpha value is -1.36. The Balaban J connectivity index is 2.05. The van der Waals surface area contributed by atoms with Crippen molar-refractivity contribution in [1.29, 1.82) is 0 Å². The molecule has 26 heavy (non-hydrogen) atoms. The van der Waals surface area contributed by atoms with E-state index in [0.29, 0.717) is 21.8 Å². The number of carbonyl (C=O) groups excluding carboxylic acids is 1. The summed E-state index contributed by atoms with van der Waals surface area (Å²) in [5.74, 6) is 0.924. The maximum Gasteiger partial charge on any atom is 0.246 e. The first-order chi connectivity index (χ1) is 12.1. The molecule has 0 aliphatic rings. The summed E-state index contributed by atoms with van der Waals surface area (Å²) in [6.45, 7) is 3.84. The quantitative estimate of drug-likeness (QED) is 0.506. The third-order valence-corrected chi connectivity index (χ3v) is 6.79. The number of rotatable bonds is 8. The van der Waals surface area contributed by atoms with Gasteiger partial charge in [-0.1, -0.05) is 48.5 Å². The topological polar surface area (TPSA) is 92.3 Å². The van der Waals surface area contributed by atoms with Gasteiger partial charge in [0.2, 0.25) is 21.1 Å². The highest BCUT2D eigenvalue weighted by Gasteiger charge is 2.21. The summed E-state index contributed by atoms with van der Waals surface area (Å²) < 4.78 is 25.8. The summed E-state index contributed by atoms with van der Waals surface area (Å²) in [4.78, 5) is 12.3. The van der Waals surface area contributed by atoms with Gasteiger partial charge in [0, 0.05) is 10.8 Å². The van der Waals surface area contributed by atoms with E-state index in [0.717, 1.165) is 20.7 Å². The van der Waals surface area contributed by atoms with Gasteiger partial charge in [-0.15, -0.1) is 10.2 Å². The second-order valence-electron chi connectivity index (χ2n) is 5.87. The molecule has 2 rings (SSSR count). The first-order valence-corrected chi connectivity index (χ1v) is 11.7. The van der Waals surface area contributed by atoms with E-state index in [1.54, 1.807) is 36.0 Å². The Bertz CT molecular complexity index is 853. The number of sulfonamides is 1. The molecule has 0 unspecified atom stereocenters. The largest absolute Gasteiger partial charge is 0.299 e. The predicted octanol–water partition coefficient (Wildman–Crippen LogP) is 3.34. The number of thioether (sulfide) groups is 1. The third-order valence-electron chi connectivity index (χ3n) is 3.00. The molecule has 1 amide bonds. The maximum atomic E-state index is 12.3. The molecule has 1 aromatic heterocycles. The summed E-state index contributed by atoms with van der Waals surface area (Å²) >= 11 is 8.65. The van der Waals surface area contributed by atoms with Gasteiger partial charge < -0.3 is 0 Å². The van der Waals surface area contributed by atoms with Crippen molar-refractivity contribution >= 4 is 61.4 Å². The SMILES string of the molecule is CC(C)CSc1nnc(NC(=O)CN(c2ccc(Cl)cc2)S(C)(=O)=O)s1. The van der Waals surface area contributed by atoms with Crippen LogP contribution in [0.5, 0.6) is 0 Å². The van der Waals surface area contributed by atoms with E-state index < -0.39 is 15.9 Å². The first kappa shape index (κ1) is 20.9. The molecule has 0 atom stereocenters. The van der Waals surface area contributed by atoms with Crippen LogP contribution in [0.15, 0.2) is 28.6 Å². The molecule has 142 valence electrons. The second kappa shape index (κ2) is 9.03. The molecule has 1 aromatic carbocycles.